The summed E-state index contributed by atoms with van der Waals surface area (Å²) in [5, 5.41) is 3.15. The van der Waals surface area contributed by atoms with Crippen molar-refractivity contribution in [3.63, 3.8) is 0 Å². The maximum absolute atomic E-state index is 12.3. The quantitative estimate of drug-likeness (QED) is 0.876. The summed E-state index contributed by atoms with van der Waals surface area (Å²) in [7, 11) is -3.74. The maximum Gasteiger partial charge on any atom is 0.261 e. The molecular formula is C15H15ClN2O3S. The van der Waals surface area contributed by atoms with Crippen LogP contribution in [0.2, 0.25) is 5.02 Å². The molecule has 0 spiro atoms. The van der Waals surface area contributed by atoms with Crippen LogP contribution >= 0.6 is 11.6 Å². The molecule has 7 heteroatoms. The Morgan fingerprint density at radius 1 is 1.09 bits per heavy atom. The van der Waals surface area contributed by atoms with Gasteiger partial charge in [0, 0.05) is 22.8 Å². The van der Waals surface area contributed by atoms with E-state index in [1.165, 1.54) is 12.1 Å². The van der Waals surface area contributed by atoms with E-state index in [-0.39, 0.29) is 10.8 Å². The molecule has 0 bridgehead atoms. The fourth-order valence-electron chi connectivity index (χ4n) is 1.72. The zero-order valence-electron chi connectivity index (χ0n) is 11.8. The van der Waals surface area contributed by atoms with Crippen molar-refractivity contribution in [2.45, 2.75) is 18.2 Å². The minimum absolute atomic E-state index is 0.0661. The van der Waals surface area contributed by atoms with Gasteiger partial charge in [0.25, 0.3) is 10.0 Å². The third-order valence-corrected chi connectivity index (χ3v) is 4.48. The molecule has 0 heterocycles. The van der Waals surface area contributed by atoms with E-state index in [1.54, 1.807) is 43.3 Å². The molecular weight excluding hydrogens is 324 g/mol. The number of hydrogen-bond donors (Lipinski definition) is 2. The number of nitrogens with one attached hydrogen (secondary N) is 2. The third kappa shape index (κ3) is 4.22. The van der Waals surface area contributed by atoms with Crippen molar-refractivity contribution in [1.82, 2.24) is 0 Å². The average Bonchev–Trinajstić information content (AvgIpc) is 2.49. The van der Waals surface area contributed by atoms with E-state index in [0.717, 1.165) is 0 Å². The normalized spacial score (nSPS) is 11.0. The van der Waals surface area contributed by atoms with E-state index >= 15 is 0 Å². The largest absolute Gasteiger partial charge is 0.326 e. The number of carbonyl (C=O) groups excluding carboxylic acids is 1. The van der Waals surface area contributed by atoms with Gasteiger partial charge in [0.15, 0.2) is 0 Å². The molecule has 0 saturated carbocycles. The molecule has 2 rings (SSSR count). The van der Waals surface area contributed by atoms with Gasteiger partial charge in [0.05, 0.1) is 4.90 Å². The number of amides is 1. The first-order valence-corrected chi connectivity index (χ1v) is 8.45. The highest BCUT2D eigenvalue weighted by Gasteiger charge is 2.15. The summed E-state index contributed by atoms with van der Waals surface area (Å²) in [6.07, 6.45) is 0.319. The van der Waals surface area contributed by atoms with Crippen LogP contribution in [0.25, 0.3) is 0 Å². The molecule has 0 atom stereocenters. The number of rotatable bonds is 5. The van der Waals surface area contributed by atoms with E-state index in [4.69, 9.17) is 11.6 Å². The zero-order valence-corrected chi connectivity index (χ0v) is 13.4. The molecule has 0 radical (unpaired) electrons. The van der Waals surface area contributed by atoms with E-state index in [0.29, 0.717) is 22.8 Å². The van der Waals surface area contributed by atoms with Crippen LogP contribution < -0.4 is 10.0 Å². The molecule has 0 aliphatic rings. The molecule has 0 aliphatic carbocycles. The van der Waals surface area contributed by atoms with E-state index < -0.39 is 10.0 Å². The summed E-state index contributed by atoms with van der Waals surface area (Å²) in [6, 6.07) is 12.4. The first kappa shape index (κ1) is 16.3. The summed E-state index contributed by atoms with van der Waals surface area (Å²) in [5.74, 6) is -0.180. The molecule has 5 nitrogen and oxygen atoms in total. The predicted molar refractivity (Wildman–Crippen MR) is 87.6 cm³/mol. The monoisotopic (exact) mass is 338 g/mol. The molecule has 0 unspecified atom stereocenters. The lowest BCUT2D eigenvalue weighted by molar-refractivity contribution is -0.115. The van der Waals surface area contributed by atoms with Gasteiger partial charge < -0.3 is 5.32 Å². The van der Waals surface area contributed by atoms with Crippen LogP contribution in [0.3, 0.4) is 0 Å². The molecule has 1 amide bonds. The second kappa shape index (κ2) is 6.81. The molecule has 0 aromatic heterocycles. The van der Waals surface area contributed by atoms with Crippen LogP contribution in [-0.4, -0.2) is 14.3 Å². The Labute approximate surface area is 134 Å². The van der Waals surface area contributed by atoms with Gasteiger partial charge in [-0.1, -0.05) is 24.6 Å². The Bertz CT molecular complexity index is 774. The SMILES string of the molecule is CCC(=O)Nc1cccc(S(=O)(=O)Nc2ccc(Cl)cc2)c1. The van der Waals surface area contributed by atoms with Crippen molar-refractivity contribution in [3.05, 3.63) is 53.6 Å². The number of sulfonamides is 1. The van der Waals surface area contributed by atoms with Crippen LogP contribution in [-0.2, 0) is 14.8 Å². The molecule has 0 saturated heterocycles. The topological polar surface area (TPSA) is 75.3 Å². The number of hydrogen-bond acceptors (Lipinski definition) is 3. The molecule has 2 aromatic rings. The van der Waals surface area contributed by atoms with E-state index in [2.05, 4.69) is 10.0 Å². The Morgan fingerprint density at radius 2 is 1.77 bits per heavy atom. The zero-order chi connectivity index (χ0) is 16.2. The molecule has 2 N–H and O–H groups in total. The van der Waals surface area contributed by atoms with Crippen LogP contribution in [0, 0.1) is 0 Å². The summed E-state index contributed by atoms with van der Waals surface area (Å²) >= 11 is 5.77. The Balaban J connectivity index is 2.23. The predicted octanol–water partition coefficient (Wildman–Crippen LogP) is 3.49. The third-order valence-electron chi connectivity index (χ3n) is 2.85. The molecule has 116 valence electrons. The number of benzene rings is 2. The summed E-state index contributed by atoms with van der Waals surface area (Å²) in [5.41, 5.74) is 0.846. The Hall–Kier alpha value is -2.05. The minimum Gasteiger partial charge on any atom is -0.326 e. The number of carbonyl (C=O) groups is 1. The first-order chi connectivity index (χ1) is 10.4. The van der Waals surface area contributed by atoms with Gasteiger partial charge in [0.2, 0.25) is 5.91 Å². The van der Waals surface area contributed by atoms with Crippen molar-refractivity contribution < 1.29 is 13.2 Å². The van der Waals surface area contributed by atoms with Gasteiger partial charge in [-0.3, -0.25) is 9.52 Å². The smallest absolute Gasteiger partial charge is 0.261 e. The second-order valence-electron chi connectivity index (χ2n) is 4.54. The standard InChI is InChI=1S/C15H15ClN2O3S/c1-2-15(19)17-13-4-3-5-14(10-13)22(20,21)18-12-8-6-11(16)7-9-12/h3-10,18H,2H2,1H3,(H,17,19). The molecule has 0 aliphatic heterocycles. The maximum atomic E-state index is 12.3. The van der Waals surface area contributed by atoms with Crippen LogP contribution in [0.5, 0.6) is 0 Å². The Kier molecular flexibility index (Phi) is 5.05. The van der Waals surface area contributed by atoms with Crippen LogP contribution in [0.15, 0.2) is 53.4 Å². The van der Waals surface area contributed by atoms with Gasteiger partial charge in [0.1, 0.15) is 0 Å². The van der Waals surface area contributed by atoms with E-state index in [9.17, 15) is 13.2 Å². The van der Waals surface area contributed by atoms with Crippen molar-refractivity contribution in [1.29, 1.82) is 0 Å². The molecule has 0 fully saturated rings. The van der Waals surface area contributed by atoms with Crippen molar-refractivity contribution >= 4 is 38.9 Å². The van der Waals surface area contributed by atoms with Gasteiger partial charge in [-0.25, -0.2) is 8.42 Å². The van der Waals surface area contributed by atoms with Crippen LogP contribution in [0.1, 0.15) is 13.3 Å². The van der Waals surface area contributed by atoms with Gasteiger partial charge in [-0.2, -0.15) is 0 Å². The van der Waals surface area contributed by atoms with Gasteiger partial charge >= 0.3 is 0 Å². The Morgan fingerprint density at radius 3 is 2.41 bits per heavy atom. The second-order valence-corrected chi connectivity index (χ2v) is 6.66. The highest BCUT2D eigenvalue weighted by molar-refractivity contribution is 7.92. The number of halogens is 1. The lowest BCUT2D eigenvalue weighted by Crippen LogP contribution is -2.14. The summed E-state index contributed by atoms with van der Waals surface area (Å²) in [6.45, 7) is 1.72. The van der Waals surface area contributed by atoms with Crippen molar-refractivity contribution in [3.8, 4) is 0 Å². The average molecular weight is 339 g/mol. The highest BCUT2D eigenvalue weighted by Crippen LogP contribution is 2.20. The van der Waals surface area contributed by atoms with Gasteiger partial charge in [-0.05, 0) is 42.5 Å². The molecule has 22 heavy (non-hydrogen) atoms. The van der Waals surface area contributed by atoms with E-state index in [1.807, 2.05) is 0 Å². The summed E-state index contributed by atoms with van der Waals surface area (Å²) < 4.78 is 27.1. The van der Waals surface area contributed by atoms with Gasteiger partial charge in [-0.15, -0.1) is 0 Å². The molecule has 2 aromatic carbocycles. The lowest BCUT2D eigenvalue weighted by Gasteiger charge is -2.10. The fraction of sp³-hybridized carbons (Fsp3) is 0.133. The highest BCUT2D eigenvalue weighted by atomic mass is 35.5. The van der Waals surface area contributed by atoms with Crippen molar-refractivity contribution in [2.24, 2.45) is 0 Å². The number of anilines is 2. The van der Waals surface area contributed by atoms with Crippen molar-refractivity contribution in [2.75, 3.05) is 10.0 Å². The lowest BCUT2D eigenvalue weighted by atomic mass is 10.3. The summed E-state index contributed by atoms with van der Waals surface area (Å²) in [4.78, 5) is 11.4. The first-order valence-electron chi connectivity index (χ1n) is 6.59. The fourth-order valence-corrected chi connectivity index (χ4v) is 2.95. The minimum atomic E-state index is -3.74. The van der Waals surface area contributed by atoms with Crippen LogP contribution in [0.4, 0.5) is 11.4 Å².